The first-order chi connectivity index (χ1) is 22.9. The zero-order valence-electron chi connectivity index (χ0n) is 24.9. The topological polar surface area (TPSA) is 22.8 Å². The first-order valence-corrected chi connectivity index (χ1v) is 15.7. The molecule has 0 unspecified atom stereocenters. The molecule has 1 aliphatic carbocycles. The minimum Gasteiger partial charge on any atom is -0.295 e. The number of fused-ring (bicyclic) bond motifs is 13. The summed E-state index contributed by atoms with van der Waals surface area (Å²) < 4.78 is 4.88. The van der Waals surface area contributed by atoms with Gasteiger partial charge in [-0.05, 0) is 70.3 Å². The van der Waals surface area contributed by atoms with E-state index in [1.54, 1.807) is 0 Å². The fourth-order valence-electron chi connectivity index (χ4n) is 7.64. The number of hydrogen-bond acceptors (Lipinski definition) is 1. The van der Waals surface area contributed by atoms with Crippen molar-refractivity contribution in [2.24, 2.45) is 0 Å². The van der Waals surface area contributed by atoms with E-state index in [4.69, 9.17) is 4.98 Å². The van der Waals surface area contributed by atoms with Crippen LogP contribution in [0, 0.1) is 0 Å². The maximum Gasteiger partial charge on any atom is 0.131 e. The monoisotopic (exact) mass is 585 g/mol. The second kappa shape index (κ2) is 9.65. The summed E-state index contributed by atoms with van der Waals surface area (Å²) in [5, 5.41) is 3.77. The van der Waals surface area contributed by atoms with Gasteiger partial charge in [-0.25, -0.2) is 0 Å². The zero-order valence-corrected chi connectivity index (χ0v) is 24.9. The molecule has 3 heterocycles. The summed E-state index contributed by atoms with van der Waals surface area (Å²) in [4.78, 5) is 4.95. The number of nitrogens with zero attached hydrogens (tertiary/aromatic N) is 3. The van der Waals surface area contributed by atoms with E-state index in [-0.39, 0.29) is 0 Å². The van der Waals surface area contributed by atoms with Gasteiger partial charge in [-0.15, -0.1) is 0 Å². The van der Waals surface area contributed by atoms with E-state index in [2.05, 4.69) is 161 Å². The predicted molar refractivity (Wildman–Crippen MR) is 191 cm³/mol. The van der Waals surface area contributed by atoms with Crippen LogP contribution >= 0.6 is 0 Å². The van der Waals surface area contributed by atoms with Crippen molar-refractivity contribution < 1.29 is 0 Å². The van der Waals surface area contributed by atoms with E-state index in [0.717, 1.165) is 28.2 Å². The summed E-state index contributed by atoms with van der Waals surface area (Å²) in [6.07, 6.45) is 1.91. The molecule has 0 bridgehead atoms. The van der Waals surface area contributed by atoms with Gasteiger partial charge in [-0.1, -0.05) is 115 Å². The molecule has 0 amide bonds. The largest absolute Gasteiger partial charge is 0.295 e. The lowest BCUT2D eigenvalue weighted by Crippen LogP contribution is -2.03. The number of benzene rings is 6. The number of pyridine rings is 1. The molecule has 0 radical (unpaired) electrons. The van der Waals surface area contributed by atoms with E-state index in [1.807, 2.05) is 12.3 Å². The van der Waals surface area contributed by atoms with Crippen molar-refractivity contribution >= 4 is 32.8 Å². The molecule has 0 aliphatic heterocycles. The fraction of sp³-hybridized carbons (Fsp3) is 0. The average molecular weight is 586 g/mol. The summed E-state index contributed by atoms with van der Waals surface area (Å²) in [5.74, 6) is 0. The van der Waals surface area contributed by atoms with Crippen LogP contribution in [0.4, 0.5) is 0 Å². The molecule has 0 spiro atoms. The maximum atomic E-state index is 4.95. The van der Waals surface area contributed by atoms with Crippen molar-refractivity contribution in [2.75, 3.05) is 0 Å². The van der Waals surface area contributed by atoms with Crippen molar-refractivity contribution in [3.63, 3.8) is 0 Å². The van der Waals surface area contributed by atoms with Gasteiger partial charge in [0.05, 0.1) is 16.7 Å². The van der Waals surface area contributed by atoms with Crippen LogP contribution in [0.25, 0.3) is 88.9 Å². The highest BCUT2D eigenvalue weighted by Gasteiger charge is 2.25. The Kier molecular flexibility index (Phi) is 5.28. The van der Waals surface area contributed by atoms with E-state index in [1.165, 1.54) is 60.7 Å². The highest BCUT2D eigenvalue weighted by atomic mass is 15.1. The molecular formula is C43H27N3. The lowest BCUT2D eigenvalue weighted by molar-refractivity contribution is 1.07. The summed E-state index contributed by atoms with van der Waals surface area (Å²) in [5.41, 5.74) is 15.2. The SMILES string of the molecule is c1ccc(-n2c3ccccc3c3c4ccccc4n(-c4ccc5c(c4)-c4ccccc4-c4ncccc4-c4ccccc4-5)c32)cc1. The third-order valence-electron chi connectivity index (χ3n) is 9.54. The lowest BCUT2D eigenvalue weighted by atomic mass is 9.82. The summed E-state index contributed by atoms with van der Waals surface area (Å²) >= 11 is 0. The Morgan fingerprint density at radius 2 is 0.891 bits per heavy atom. The van der Waals surface area contributed by atoms with Crippen molar-refractivity contribution in [2.45, 2.75) is 0 Å². The molecule has 9 aromatic rings. The van der Waals surface area contributed by atoms with Crippen molar-refractivity contribution in [1.82, 2.24) is 14.1 Å². The van der Waals surface area contributed by atoms with Crippen LogP contribution in [-0.2, 0) is 0 Å². The minimum atomic E-state index is 1.01. The second-order valence-electron chi connectivity index (χ2n) is 12.0. The highest BCUT2D eigenvalue weighted by Crippen LogP contribution is 2.48. The van der Waals surface area contributed by atoms with E-state index >= 15 is 0 Å². The molecule has 0 fully saturated rings. The molecule has 10 rings (SSSR count). The van der Waals surface area contributed by atoms with Crippen LogP contribution in [0.2, 0.25) is 0 Å². The van der Waals surface area contributed by atoms with Crippen LogP contribution in [0.15, 0.2) is 164 Å². The molecule has 3 aromatic heterocycles. The van der Waals surface area contributed by atoms with E-state index in [0.29, 0.717) is 0 Å². The van der Waals surface area contributed by atoms with Crippen LogP contribution in [0.5, 0.6) is 0 Å². The van der Waals surface area contributed by atoms with Gasteiger partial charge in [0.2, 0.25) is 0 Å². The molecule has 1 aliphatic rings. The molecule has 0 saturated heterocycles. The number of para-hydroxylation sites is 3. The Morgan fingerprint density at radius 1 is 0.370 bits per heavy atom. The molecule has 3 nitrogen and oxygen atoms in total. The van der Waals surface area contributed by atoms with Crippen LogP contribution in [-0.4, -0.2) is 14.1 Å². The standard InChI is InChI=1S/C43H27N3/c1-2-13-28(14-3-1)45-39-22-10-8-19-36(39)41-37-20-9-11-23-40(37)46(43(41)45)29-24-25-33-30-15-4-5-16-31(30)35-21-12-26-44-42(35)34-18-7-6-17-32(34)38(33)27-29/h1-27H. The lowest BCUT2D eigenvalue weighted by Gasteiger charge is -2.23. The molecule has 3 heteroatoms. The smallest absolute Gasteiger partial charge is 0.131 e. The van der Waals surface area contributed by atoms with Crippen LogP contribution in [0.1, 0.15) is 0 Å². The van der Waals surface area contributed by atoms with Gasteiger partial charge < -0.3 is 0 Å². The quantitative estimate of drug-likeness (QED) is 0.198. The van der Waals surface area contributed by atoms with Gasteiger partial charge in [0.25, 0.3) is 0 Å². The Hall–Kier alpha value is -6.19. The molecule has 214 valence electrons. The molecule has 0 atom stereocenters. The van der Waals surface area contributed by atoms with Gasteiger partial charge in [-0.3, -0.25) is 14.1 Å². The Balaban J connectivity index is 1.35. The number of rotatable bonds is 2. The molecular weight excluding hydrogens is 558 g/mol. The fourth-order valence-corrected chi connectivity index (χ4v) is 7.64. The minimum absolute atomic E-state index is 1.01. The second-order valence-corrected chi connectivity index (χ2v) is 12.0. The Bertz CT molecular complexity index is 2630. The zero-order chi connectivity index (χ0) is 30.2. The first-order valence-electron chi connectivity index (χ1n) is 15.7. The molecule has 46 heavy (non-hydrogen) atoms. The van der Waals surface area contributed by atoms with Crippen molar-refractivity contribution in [1.29, 1.82) is 0 Å². The number of aromatic nitrogens is 3. The van der Waals surface area contributed by atoms with Gasteiger partial charge in [0.1, 0.15) is 5.65 Å². The van der Waals surface area contributed by atoms with Gasteiger partial charge in [-0.2, -0.15) is 0 Å². The maximum absolute atomic E-state index is 4.95. The van der Waals surface area contributed by atoms with E-state index in [9.17, 15) is 0 Å². The molecule has 6 aromatic carbocycles. The Labute approximate surface area is 266 Å². The summed E-state index contributed by atoms with van der Waals surface area (Å²) in [6, 6.07) is 57.0. The molecule has 0 N–H and O–H groups in total. The van der Waals surface area contributed by atoms with Crippen LogP contribution in [0.3, 0.4) is 0 Å². The third kappa shape index (κ3) is 3.45. The molecule has 0 saturated carbocycles. The highest BCUT2D eigenvalue weighted by molar-refractivity contribution is 6.22. The average Bonchev–Trinajstić information content (AvgIpc) is 3.64. The van der Waals surface area contributed by atoms with Crippen molar-refractivity contribution in [3.05, 3.63) is 164 Å². The third-order valence-corrected chi connectivity index (χ3v) is 9.54. The van der Waals surface area contributed by atoms with Gasteiger partial charge in [0, 0.05) is 44.9 Å². The van der Waals surface area contributed by atoms with E-state index < -0.39 is 0 Å². The van der Waals surface area contributed by atoms with Crippen LogP contribution < -0.4 is 0 Å². The Morgan fingerprint density at radius 3 is 1.61 bits per heavy atom. The first kappa shape index (κ1) is 25.2. The normalized spacial score (nSPS) is 11.9. The van der Waals surface area contributed by atoms with Gasteiger partial charge >= 0.3 is 0 Å². The van der Waals surface area contributed by atoms with Crippen molar-refractivity contribution in [3.8, 4) is 56.0 Å². The van der Waals surface area contributed by atoms with Gasteiger partial charge in [0.15, 0.2) is 0 Å². The summed E-state index contributed by atoms with van der Waals surface area (Å²) in [6.45, 7) is 0. The summed E-state index contributed by atoms with van der Waals surface area (Å²) in [7, 11) is 0. The predicted octanol–water partition coefficient (Wildman–Crippen LogP) is 11.1. The number of hydrogen-bond donors (Lipinski definition) is 0.